The molecule has 2 N–H and O–H groups in total. The SMILES string of the molecule is CN=C(NCc1cc(Cl)ccc1OC(F)F)N1CCN(CC(=O)NC(C)C)CC1.I. The van der Waals surface area contributed by atoms with Crippen molar-refractivity contribution < 1.29 is 18.3 Å². The summed E-state index contributed by atoms with van der Waals surface area (Å²) in [4.78, 5) is 20.3. The van der Waals surface area contributed by atoms with Crippen LogP contribution in [0.15, 0.2) is 23.2 Å². The first-order valence-electron chi connectivity index (χ1n) is 9.49. The maximum Gasteiger partial charge on any atom is 0.387 e. The predicted octanol–water partition coefficient (Wildman–Crippen LogP) is 2.78. The van der Waals surface area contributed by atoms with Crippen LogP contribution in [0.4, 0.5) is 8.78 Å². The van der Waals surface area contributed by atoms with Crippen molar-refractivity contribution in [3.8, 4) is 5.75 Å². The molecule has 1 aromatic rings. The van der Waals surface area contributed by atoms with Gasteiger partial charge in [-0.15, -0.1) is 24.0 Å². The number of piperazine rings is 1. The molecule has 1 aromatic carbocycles. The molecule has 170 valence electrons. The van der Waals surface area contributed by atoms with E-state index in [1.807, 2.05) is 13.8 Å². The van der Waals surface area contributed by atoms with E-state index in [0.29, 0.717) is 36.2 Å². The molecular weight excluding hydrogens is 531 g/mol. The van der Waals surface area contributed by atoms with Crippen molar-refractivity contribution in [3.05, 3.63) is 28.8 Å². The molecule has 1 heterocycles. The number of guanidine groups is 1. The Kier molecular flexibility index (Phi) is 11.6. The molecule has 1 amide bonds. The van der Waals surface area contributed by atoms with Gasteiger partial charge in [-0.2, -0.15) is 8.78 Å². The minimum atomic E-state index is -2.91. The zero-order chi connectivity index (χ0) is 21.4. The molecule has 0 saturated carbocycles. The van der Waals surface area contributed by atoms with Crippen molar-refractivity contribution in [2.24, 2.45) is 4.99 Å². The van der Waals surface area contributed by atoms with Crippen LogP contribution in [-0.4, -0.2) is 74.1 Å². The number of aliphatic imine (C=N–C) groups is 1. The standard InChI is InChI=1S/C19H28ClF2N5O2.HI/c1-13(2)25-17(28)12-26-6-8-27(9-7-26)19(23-3)24-11-14-10-15(20)4-5-16(14)29-18(21)22;/h4-5,10,13,18H,6-9,11-12H2,1-3H3,(H,23,24)(H,25,28);1H. The summed E-state index contributed by atoms with van der Waals surface area (Å²) in [5, 5.41) is 6.50. The molecule has 1 saturated heterocycles. The highest BCUT2D eigenvalue weighted by Crippen LogP contribution is 2.24. The number of benzene rings is 1. The fourth-order valence-corrected chi connectivity index (χ4v) is 3.29. The van der Waals surface area contributed by atoms with Crippen LogP contribution in [0.2, 0.25) is 5.02 Å². The maximum atomic E-state index is 12.6. The van der Waals surface area contributed by atoms with E-state index in [9.17, 15) is 13.6 Å². The van der Waals surface area contributed by atoms with Gasteiger partial charge in [0.25, 0.3) is 0 Å². The molecule has 0 aliphatic carbocycles. The molecule has 30 heavy (non-hydrogen) atoms. The smallest absolute Gasteiger partial charge is 0.387 e. The van der Waals surface area contributed by atoms with Gasteiger partial charge >= 0.3 is 6.61 Å². The van der Waals surface area contributed by atoms with Crippen LogP contribution in [0, 0.1) is 0 Å². The van der Waals surface area contributed by atoms with E-state index in [4.69, 9.17) is 11.6 Å². The van der Waals surface area contributed by atoms with Crippen molar-refractivity contribution in [2.75, 3.05) is 39.8 Å². The Bertz CT molecular complexity index is 716. The molecule has 0 atom stereocenters. The van der Waals surface area contributed by atoms with Gasteiger partial charge in [-0.3, -0.25) is 14.7 Å². The number of hydrogen-bond donors (Lipinski definition) is 2. The minimum Gasteiger partial charge on any atom is -0.434 e. The summed E-state index contributed by atoms with van der Waals surface area (Å²) in [7, 11) is 1.67. The van der Waals surface area contributed by atoms with Crippen LogP contribution in [0.5, 0.6) is 5.75 Å². The van der Waals surface area contributed by atoms with Crippen LogP contribution in [0.3, 0.4) is 0 Å². The van der Waals surface area contributed by atoms with E-state index in [-0.39, 0.29) is 48.2 Å². The molecular formula is C19H29ClF2IN5O2. The lowest BCUT2D eigenvalue weighted by atomic mass is 10.2. The molecule has 1 aliphatic heterocycles. The number of hydrogen-bond acceptors (Lipinski definition) is 4. The van der Waals surface area contributed by atoms with Gasteiger partial charge < -0.3 is 20.3 Å². The highest BCUT2D eigenvalue weighted by atomic mass is 127. The fraction of sp³-hybridized carbons (Fsp3) is 0.579. The summed E-state index contributed by atoms with van der Waals surface area (Å²) < 4.78 is 29.8. The largest absolute Gasteiger partial charge is 0.434 e. The van der Waals surface area contributed by atoms with Crippen molar-refractivity contribution in [2.45, 2.75) is 33.0 Å². The van der Waals surface area contributed by atoms with Gasteiger partial charge in [-0.05, 0) is 32.0 Å². The Morgan fingerprint density at radius 1 is 1.27 bits per heavy atom. The number of alkyl halides is 2. The number of carbonyl (C=O) groups excluding carboxylic acids is 1. The Morgan fingerprint density at radius 2 is 1.93 bits per heavy atom. The highest BCUT2D eigenvalue weighted by Gasteiger charge is 2.21. The van der Waals surface area contributed by atoms with Gasteiger partial charge in [-0.25, -0.2) is 0 Å². The third-order valence-corrected chi connectivity index (χ3v) is 4.61. The van der Waals surface area contributed by atoms with Crippen LogP contribution in [0.25, 0.3) is 0 Å². The summed E-state index contributed by atoms with van der Waals surface area (Å²) in [5.41, 5.74) is 0.517. The molecule has 0 aromatic heterocycles. The van der Waals surface area contributed by atoms with Crippen molar-refractivity contribution >= 4 is 47.4 Å². The van der Waals surface area contributed by atoms with E-state index in [2.05, 4.69) is 30.2 Å². The molecule has 1 aliphatic rings. The fourth-order valence-electron chi connectivity index (χ4n) is 3.09. The molecule has 2 rings (SSSR count). The quantitative estimate of drug-likeness (QED) is 0.306. The highest BCUT2D eigenvalue weighted by molar-refractivity contribution is 14.0. The van der Waals surface area contributed by atoms with Gasteiger partial charge in [0.05, 0.1) is 6.54 Å². The molecule has 0 radical (unpaired) electrons. The van der Waals surface area contributed by atoms with E-state index >= 15 is 0 Å². The van der Waals surface area contributed by atoms with Crippen LogP contribution >= 0.6 is 35.6 Å². The van der Waals surface area contributed by atoms with Gasteiger partial charge in [0.2, 0.25) is 5.91 Å². The first-order chi connectivity index (χ1) is 13.8. The van der Waals surface area contributed by atoms with E-state index in [0.717, 1.165) is 13.1 Å². The van der Waals surface area contributed by atoms with Crippen LogP contribution in [-0.2, 0) is 11.3 Å². The number of rotatable bonds is 7. The molecule has 0 spiro atoms. The Balaban J connectivity index is 0.00000450. The van der Waals surface area contributed by atoms with Crippen molar-refractivity contribution in [1.82, 2.24) is 20.4 Å². The lowest BCUT2D eigenvalue weighted by Crippen LogP contribution is -2.54. The second kappa shape index (κ2) is 13.1. The average Bonchev–Trinajstić information content (AvgIpc) is 2.64. The third kappa shape index (κ3) is 8.76. The zero-order valence-corrected chi connectivity index (χ0v) is 20.4. The first kappa shape index (κ1) is 26.6. The second-order valence-electron chi connectivity index (χ2n) is 7.02. The molecule has 1 fully saturated rings. The molecule has 7 nitrogen and oxygen atoms in total. The molecule has 0 bridgehead atoms. The Labute approximate surface area is 198 Å². The molecule has 0 unspecified atom stereocenters. The predicted molar refractivity (Wildman–Crippen MR) is 125 cm³/mol. The summed E-state index contributed by atoms with van der Waals surface area (Å²) in [6.07, 6.45) is 0. The van der Waals surface area contributed by atoms with Crippen LogP contribution in [0.1, 0.15) is 19.4 Å². The third-order valence-electron chi connectivity index (χ3n) is 4.38. The summed E-state index contributed by atoms with van der Waals surface area (Å²) in [6.45, 7) is 4.42. The lowest BCUT2D eigenvalue weighted by molar-refractivity contribution is -0.123. The number of carbonyl (C=O) groups is 1. The summed E-state index contributed by atoms with van der Waals surface area (Å²) in [5.74, 6) is 0.746. The topological polar surface area (TPSA) is 69.2 Å². The second-order valence-corrected chi connectivity index (χ2v) is 7.45. The Morgan fingerprint density at radius 3 is 2.50 bits per heavy atom. The number of nitrogens with zero attached hydrogens (tertiary/aromatic N) is 3. The van der Waals surface area contributed by atoms with Gasteiger partial charge in [-0.1, -0.05) is 11.6 Å². The van der Waals surface area contributed by atoms with Crippen molar-refractivity contribution in [1.29, 1.82) is 0 Å². The molecule has 11 heteroatoms. The number of ether oxygens (including phenoxy) is 1. The number of amides is 1. The summed E-state index contributed by atoms with van der Waals surface area (Å²) >= 11 is 5.99. The van der Waals surface area contributed by atoms with Gasteiger partial charge in [0, 0.05) is 56.4 Å². The van der Waals surface area contributed by atoms with Gasteiger partial charge in [0.1, 0.15) is 5.75 Å². The van der Waals surface area contributed by atoms with Gasteiger partial charge in [0.15, 0.2) is 5.96 Å². The summed E-state index contributed by atoms with van der Waals surface area (Å²) in [6, 6.07) is 4.64. The van der Waals surface area contributed by atoms with Crippen molar-refractivity contribution in [3.63, 3.8) is 0 Å². The lowest BCUT2D eigenvalue weighted by Gasteiger charge is -2.36. The van der Waals surface area contributed by atoms with E-state index in [1.165, 1.54) is 12.1 Å². The number of nitrogens with one attached hydrogen (secondary N) is 2. The normalized spacial score (nSPS) is 15.2. The first-order valence-corrected chi connectivity index (χ1v) is 9.86. The zero-order valence-electron chi connectivity index (χ0n) is 17.3. The average molecular weight is 560 g/mol. The number of halogens is 4. The van der Waals surface area contributed by atoms with E-state index < -0.39 is 6.61 Å². The maximum absolute atomic E-state index is 12.6. The Hall–Kier alpha value is -1.40. The van der Waals surface area contributed by atoms with Crippen LogP contribution < -0.4 is 15.4 Å². The minimum absolute atomic E-state index is 0. The van der Waals surface area contributed by atoms with E-state index in [1.54, 1.807) is 13.1 Å². The monoisotopic (exact) mass is 559 g/mol.